The van der Waals surface area contributed by atoms with Crippen LogP contribution in [-0.2, 0) is 14.1 Å². The SMILES string of the molecule is CC(NC(=O)c1cn(C)c(=O)n(C)c1=O)C1CC2CCC1C2. The zero-order valence-corrected chi connectivity index (χ0v) is 13.3. The largest absolute Gasteiger partial charge is 0.349 e. The average Bonchev–Trinajstić information content (AvgIpc) is 3.11. The molecule has 22 heavy (non-hydrogen) atoms. The molecule has 6 heteroatoms. The molecule has 0 spiro atoms. The molecule has 120 valence electrons. The van der Waals surface area contributed by atoms with Crippen molar-refractivity contribution < 1.29 is 4.79 Å². The van der Waals surface area contributed by atoms with Crippen LogP contribution < -0.4 is 16.6 Å². The van der Waals surface area contributed by atoms with Gasteiger partial charge >= 0.3 is 5.69 Å². The minimum Gasteiger partial charge on any atom is -0.349 e. The third-order valence-corrected chi connectivity index (χ3v) is 5.48. The number of rotatable bonds is 3. The van der Waals surface area contributed by atoms with Crippen molar-refractivity contribution in [1.29, 1.82) is 0 Å². The van der Waals surface area contributed by atoms with Gasteiger partial charge in [0.1, 0.15) is 5.56 Å². The summed E-state index contributed by atoms with van der Waals surface area (Å²) in [6, 6.07) is 0.0599. The minimum atomic E-state index is -0.541. The maximum absolute atomic E-state index is 12.4. The van der Waals surface area contributed by atoms with Gasteiger partial charge in [0.05, 0.1) is 0 Å². The lowest BCUT2D eigenvalue weighted by molar-refractivity contribution is 0.0912. The van der Waals surface area contributed by atoms with Crippen LogP contribution in [0, 0.1) is 17.8 Å². The van der Waals surface area contributed by atoms with E-state index in [1.807, 2.05) is 6.92 Å². The lowest BCUT2D eigenvalue weighted by Crippen LogP contribution is -2.45. The van der Waals surface area contributed by atoms with E-state index in [1.165, 1.54) is 50.5 Å². The number of hydrogen-bond donors (Lipinski definition) is 1. The molecule has 2 fully saturated rings. The Hall–Kier alpha value is -1.85. The third kappa shape index (κ3) is 2.40. The van der Waals surface area contributed by atoms with Crippen LogP contribution in [0.4, 0.5) is 0 Å². The second kappa shape index (κ2) is 5.41. The Morgan fingerprint density at radius 3 is 2.59 bits per heavy atom. The first kappa shape index (κ1) is 15.1. The number of nitrogens with zero attached hydrogens (tertiary/aromatic N) is 2. The van der Waals surface area contributed by atoms with Gasteiger partial charge in [0, 0.05) is 26.3 Å². The van der Waals surface area contributed by atoms with Gasteiger partial charge in [-0.1, -0.05) is 6.42 Å². The van der Waals surface area contributed by atoms with Gasteiger partial charge in [-0.05, 0) is 43.9 Å². The summed E-state index contributed by atoms with van der Waals surface area (Å²) in [6.07, 6.45) is 6.37. The predicted octanol–water partition coefficient (Wildman–Crippen LogP) is 0.638. The van der Waals surface area contributed by atoms with Gasteiger partial charge in [-0.2, -0.15) is 0 Å². The maximum Gasteiger partial charge on any atom is 0.330 e. The summed E-state index contributed by atoms with van der Waals surface area (Å²) in [5, 5.41) is 2.97. The minimum absolute atomic E-state index is 0.0274. The van der Waals surface area contributed by atoms with Crippen LogP contribution in [0.5, 0.6) is 0 Å². The fourth-order valence-corrected chi connectivity index (χ4v) is 4.26. The van der Waals surface area contributed by atoms with Gasteiger partial charge in [-0.25, -0.2) is 4.79 Å². The van der Waals surface area contributed by atoms with E-state index < -0.39 is 11.2 Å². The van der Waals surface area contributed by atoms with Gasteiger partial charge in [-0.15, -0.1) is 0 Å². The number of fused-ring (bicyclic) bond motifs is 2. The molecule has 2 saturated carbocycles. The summed E-state index contributed by atoms with van der Waals surface area (Å²) >= 11 is 0. The summed E-state index contributed by atoms with van der Waals surface area (Å²) < 4.78 is 2.23. The summed E-state index contributed by atoms with van der Waals surface area (Å²) in [5.41, 5.74) is -0.942. The van der Waals surface area contributed by atoms with Crippen LogP contribution in [0.3, 0.4) is 0 Å². The number of aromatic nitrogens is 2. The molecule has 0 saturated heterocycles. The predicted molar refractivity (Wildman–Crippen MR) is 82.8 cm³/mol. The number of carbonyl (C=O) groups excluding carboxylic acids is 1. The zero-order valence-electron chi connectivity index (χ0n) is 13.3. The molecule has 1 N–H and O–H groups in total. The molecule has 2 aliphatic carbocycles. The quantitative estimate of drug-likeness (QED) is 0.890. The molecule has 4 atom stereocenters. The fraction of sp³-hybridized carbons (Fsp3) is 0.688. The lowest BCUT2D eigenvalue weighted by atomic mass is 9.84. The highest BCUT2D eigenvalue weighted by Gasteiger charge is 2.42. The van der Waals surface area contributed by atoms with Crippen LogP contribution >= 0.6 is 0 Å². The summed E-state index contributed by atoms with van der Waals surface area (Å²) in [7, 11) is 2.93. The highest BCUT2D eigenvalue weighted by atomic mass is 16.2. The van der Waals surface area contributed by atoms with E-state index in [9.17, 15) is 14.4 Å². The Bertz CT molecular complexity index is 718. The molecule has 3 rings (SSSR count). The first-order chi connectivity index (χ1) is 10.4. The number of amides is 1. The van der Waals surface area contributed by atoms with Gasteiger partial charge in [0.2, 0.25) is 0 Å². The van der Waals surface area contributed by atoms with Crippen molar-refractivity contribution in [2.75, 3.05) is 0 Å². The Balaban J connectivity index is 1.78. The highest BCUT2D eigenvalue weighted by Crippen LogP contribution is 2.49. The molecular formula is C16H23N3O3. The van der Waals surface area contributed by atoms with Gasteiger partial charge in [0.15, 0.2) is 0 Å². The second-order valence-corrected chi connectivity index (χ2v) is 6.90. The normalized spacial score (nSPS) is 27.9. The van der Waals surface area contributed by atoms with E-state index >= 15 is 0 Å². The molecule has 0 aliphatic heterocycles. The van der Waals surface area contributed by atoms with Gasteiger partial charge in [-0.3, -0.25) is 14.2 Å². The molecule has 1 aromatic rings. The highest BCUT2D eigenvalue weighted by molar-refractivity contribution is 5.93. The van der Waals surface area contributed by atoms with Gasteiger partial charge < -0.3 is 9.88 Å². The molecule has 1 aromatic heterocycles. The Morgan fingerprint density at radius 2 is 2.00 bits per heavy atom. The molecule has 2 aliphatic rings. The number of nitrogens with one attached hydrogen (secondary N) is 1. The van der Waals surface area contributed by atoms with Crippen molar-refractivity contribution in [2.24, 2.45) is 31.8 Å². The number of aryl methyl sites for hydroxylation is 1. The molecule has 4 unspecified atom stereocenters. The van der Waals surface area contributed by atoms with E-state index in [-0.39, 0.29) is 17.5 Å². The van der Waals surface area contributed by atoms with E-state index in [4.69, 9.17) is 0 Å². The van der Waals surface area contributed by atoms with E-state index in [0.29, 0.717) is 11.8 Å². The monoisotopic (exact) mass is 305 g/mol. The second-order valence-electron chi connectivity index (χ2n) is 6.90. The van der Waals surface area contributed by atoms with Crippen LogP contribution in [0.1, 0.15) is 43.0 Å². The molecule has 6 nitrogen and oxygen atoms in total. The first-order valence-electron chi connectivity index (χ1n) is 7.96. The third-order valence-electron chi connectivity index (χ3n) is 5.48. The molecule has 2 bridgehead atoms. The summed E-state index contributed by atoms with van der Waals surface area (Å²) in [6.45, 7) is 2.02. The van der Waals surface area contributed by atoms with Gasteiger partial charge in [0.25, 0.3) is 11.5 Å². The Morgan fingerprint density at radius 1 is 1.27 bits per heavy atom. The van der Waals surface area contributed by atoms with Crippen molar-refractivity contribution in [2.45, 2.75) is 38.6 Å². The smallest absolute Gasteiger partial charge is 0.330 e. The van der Waals surface area contributed by atoms with Crippen LogP contribution in [0.2, 0.25) is 0 Å². The van der Waals surface area contributed by atoms with Crippen molar-refractivity contribution in [3.8, 4) is 0 Å². The standard InChI is InChI=1S/C16H23N3O3/c1-9(12-7-10-4-5-11(12)6-10)17-14(20)13-8-18(2)16(22)19(3)15(13)21/h8-12H,4-7H2,1-3H3,(H,17,20). The van der Waals surface area contributed by atoms with E-state index in [0.717, 1.165) is 10.5 Å². The van der Waals surface area contributed by atoms with Crippen molar-refractivity contribution in [3.05, 3.63) is 32.6 Å². The van der Waals surface area contributed by atoms with E-state index in [1.54, 1.807) is 0 Å². The summed E-state index contributed by atoms with van der Waals surface area (Å²) in [5.74, 6) is 1.66. The molecule has 1 heterocycles. The topological polar surface area (TPSA) is 73.1 Å². The Kier molecular flexibility index (Phi) is 3.70. The molecule has 0 radical (unpaired) electrons. The van der Waals surface area contributed by atoms with Crippen molar-refractivity contribution in [3.63, 3.8) is 0 Å². The maximum atomic E-state index is 12.4. The Labute approximate surface area is 129 Å². The van der Waals surface area contributed by atoms with Crippen LogP contribution in [0.15, 0.2) is 15.8 Å². The number of hydrogen-bond acceptors (Lipinski definition) is 3. The van der Waals surface area contributed by atoms with E-state index in [2.05, 4.69) is 5.32 Å². The fourth-order valence-electron chi connectivity index (χ4n) is 4.26. The summed E-state index contributed by atoms with van der Waals surface area (Å²) in [4.78, 5) is 36.2. The van der Waals surface area contributed by atoms with Crippen molar-refractivity contribution >= 4 is 5.91 Å². The van der Waals surface area contributed by atoms with Crippen LogP contribution in [-0.4, -0.2) is 21.1 Å². The first-order valence-corrected chi connectivity index (χ1v) is 7.96. The van der Waals surface area contributed by atoms with Crippen LogP contribution in [0.25, 0.3) is 0 Å². The zero-order chi connectivity index (χ0) is 16.0. The molecular weight excluding hydrogens is 282 g/mol. The van der Waals surface area contributed by atoms with Crippen molar-refractivity contribution in [1.82, 2.24) is 14.5 Å². The lowest BCUT2D eigenvalue weighted by Gasteiger charge is -2.28. The average molecular weight is 305 g/mol. The molecule has 0 aromatic carbocycles. The molecule has 1 amide bonds. The number of carbonyl (C=O) groups is 1.